The van der Waals surface area contributed by atoms with E-state index in [1.807, 2.05) is 30.3 Å². The molecule has 216 valence electrons. The van der Waals surface area contributed by atoms with Crippen molar-refractivity contribution in [1.29, 1.82) is 0 Å². The number of rotatable bonds is 12. The van der Waals surface area contributed by atoms with Gasteiger partial charge in [-0.25, -0.2) is 0 Å². The SMILES string of the molecule is C=CCOC(=O)[C@@H]1[C@H]2C(=O)N([C@@H](CO)Cc3ccccc3)C(C(=O)N(CC=C)c3ccc(OC)cc3)C23CC[C@H]1S3. The van der Waals surface area contributed by atoms with Crippen molar-refractivity contribution in [3.63, 3.8) is 0 Å². The fourth-order valence-electron chi connectivity index (χ4n) is 6.77. The van der Waals surface area contributed by atoms with E-state index in [4.69, 9.17) is 9.47 Å². The third kappa shape index (κ3) is 5.06. The molecule has 3 heterocycles. The molecule has 2 unspecified atom stereocenters. The molecule has 3 saturated heterocycles. The fourth-order valence-corrected chi connectivity index (χ4v) is 8.95. The topological polar surface area (TPSA) is 96.4 Å². The third-order valence-electron chi connectivity index (χ3n) is 8.47. The number of esters is 1. The second-order valence-electron chi connectivity index (χ2n) is 10.7. The van der Waals surface area contributed by atoms with Crippen LogP contribution in [-0.2, 0) is 25.5 Å². The average molecular weight is 577 g/mol. The number of hydrogen-bond donors (Lipinski definition) is 1. The van der Waals surface area contributed by atoms with Gasteiger partial charge >= 0.3 is 5.97 Å². The van der Waals surface area contributed by atoms with Gasteiger partial charge in [0.05, 0.1) is 36.3 Å². The van der Waals surface area contributed by atoms with Crippen LogP contribution in [0.25, 0.3) is 0 Å². The number of amides is 2. The Hall–Kier alpha value is -3.56. The number of thioether (sulfide) groups is 1. The quantitative estimate of drug-likeness (QED) is 0.305. The zero-order valence-electron chi connectivity index (χ0n) is 23.2. The van der Waals surface area contributed by atoms with E-state index in [2.05, 4.69) is 13.2 Å². The highest BCUT2D eigenvalue weighted by Crippen LogP contribution is 2.67. The first kappa shape index (κ1) is 29.0. The summed E-state index contributed by atoms with van der Waals surface area (Å²) in [6.45, 7) is 7.47. The summed E-state index contributed by atoms with van der Waals surface area (Å²) in [6.07, 6.45) is 4.85. The number of carbonyl (C=O) groups excluding carboxylic acids is 3. The smallest absolute Gasteiger partial charge is 0.311 e. The lowest BCUT2D eigenvalue weighted by atomic mass is 9.71. The third-order valence-corrected chi connectivity index (χ3v) is 10.4. The molecule has 2 amide bonds. The van der Waals surface area contributed by atoms with Crippen molar-refractivity contribution in [3.8, 4) is 5.75 Å². The van der Waals surface area contributed by atoms with E-state index in [9.17, 15) is 19.5 Å². The van der Waals surface area contributed by atoms with Crippen LogP contribution in [0, 0.1) is 11.8 Å². The van der Waals surface area contributed by atoms with Gasteiger partial charge in [0.1, 0.15) is 18.4 Å². The highest BCUT2D eigenvalue weighted by molar-refractivity contribution is 8.02. The van der Waals surface area contributed by atoms with Gasteiger partial charge in [-0.15, -0.1) is 18.3 Å². The zero-order chi connectivity index (χ0) is 29.1. The van der Waals surface area contributed by atoms with Gasteiger partial charge in [-0.05, 0) is 49.1 Å². The van der Waals surface area contributed by atoms with Crippen LogP contribution in [0.3, 0.4) is 0 Å². The predicted molar refractivity (Wildman–Crippen MR) is 159 cm³/mol. The van der Waals surface area contributed by atoms with Crippen molar-refractivity contribution < 1.29 is 29.0 Å². The summed E-state index contributed by atoms with van der Waals surface area (Å²) >= 11 is 1.57. The Morgan fingerprint density at radius 2 is 1.90 bits per heavy atom. The molecule has 41 heavy (non-hydrogen) atoms. The molecule has 8 nitrogen and oxygen atoms in total. The van der Waals surface area contributed by atoms with Crippen molar-refractivity contribution >= 4 is 35.2 Å². The van der Waals surface area contributed by atoms with Gasteiger partial charge < -0.3 is 24.4 Å². The minimum atomic E-state index is -0.880. The van der Waals surface area contributed by atoms with Crippen LogP contribution in [0.5, 0.6) is 5.75 Å². The van der Waals surface area contributed by atoms with E-state index in [-0.39, 0.29) is 36.8 Å². The van der Waals surface area contributed by atoms with Crippen LogP contribution in [0.1, 0.15) is 18.4 Å². The Morgan fingerprint density at radius 3 is 2.54 bits per heavy atom. The monoisotopic (exact) mass is 576 g/mol. The Labute approximate surface area is 245 Å². The second-order valence-corrected chi connectivity index (χ2v) is 12.3. The maximum Gasteiger partial charge on any atom is 0.311 e. The van der Waals surface area contributed by atoms with Gasteiger partial charge in [0, 0.05) is 17.5 Å². The van der Waals surface area contributed by atoms with Crippen molar-refractivity contribution in [2.75, 3.05) is 31.8 Å². The van der Waals surface area contributed by atoms with E-state index < -0.39 is 34.6 Å². The molecule has 0 aromatic heterocycles. The van der Waals surface area contributed by atoms with E-state index in [0.717, 1.165) is 5.56 Å². The first-order valence-electron chi connectivity index (χ1n) is 13.9. The van der Waals surface area contributed by atoms with Crippen LogP contribution < -0.4 is 9.64 Å². The molecule has 2 aromatic rings. The Kier molecular flexibility index (Phi) is 8.56. The van der Waals surface area contributed by atoms with Gasteiger partial charge in [-0.2, -0.15) is 0 Å². The molecule has 5 rings (SSSR count). The molecule has 9 heteroatoms. The summed E-state index contributed by atoms with van der Waals surface area (Å²) in [5, 5.41) is 10.5. The van der Waals surface area contributed by atoms with Crippen LogP contribution >= 0.6 is 11.8 Å². The lowest BCUT2D eigenvalue weighted by molar-refractivity contribution is -0.153. The summed E-state index contributed by atoms with van der Waals surface area (Å²) in [4.78, 5) is 45.7. The maximum atomic E-state index is 14.7. The maximum absolute atomic E-state index is 14.7. The molecule has 1 N–H and O–H groups in total. The Balaban J connectivity index is 1.58. The van der Waals surface area contributed by atoms with Crippen LogP contribution in [0.15, 0.2) is 79.9 Å². The summed E-state index contributed by atoms with van der Waals surface area (Å²) in [7, 11) is 1.58. The fraction of sp³-hybridized carbons (Fsp3) is 0.406. The number of methoxy groups -OCH3 is 1. The van der Waals surface area contributed by atoms with Gasteiger partial charge in [-0.3, -0.25) is 14.4 Å². The van der Waals surface area contributed by atoms with Gasteiger partial charge in [-0.1, -0.05) is 49.1 Å². The lowest BCUT2D eigenvalue weighted by Crippen LogP contribution is -2.58. The summed E-state index contributed by atoms with van der Waals surface area (Å²) in [5.41, 5.74) is 1.59. The van der Waals surface area contributed by atoms with Crippen molar-refractivity contribution in [2.45, 2.75) is 41.3 Å². The standard InChI is InChI=1S/C32H36N2O6S/c1-4-17-33(22-11-13-24(39-3)14-12-22)30(37)28-32-16-15-25(41-32)26(31(38)40-18-5-2)27(32)29(36)34(28)23(20-35)19-21-9-7-6-8-10-21/h4-14,23,25-28,35H,1-2,15-20H2,3H3/t23-,25-,26+,27+,28?,32?/m1/s1. The number of likely N-dealkylation sites (tertiary alicyclic amines) is 1. The van der Waals surface area contributed by atoms with E-state index in [1.54, 1.807) is 59.0 Å². The molecule has 0 saturated carbocycles. The number of ether oxygens (including phenoxy) is 2. The predicted octanol–water partition coefficient (Wildman–Crippen LogP) is 3.64. The minimum absolute atomic E-state index is 0.0601. The van der Waals surface area contributed by atoms with Crippen molar-refractivity contribution in [3.05, 3.63) is 85.5 Å². The number of aliphatic hydroxyl groups excluding tert-OH is 1. The number of nitrogens with zero attached hydrogens (tertiary/aromatic N) is 2. The molecular formula is C32H36N2O6S. The van der Waals surface area contributed by atoms with Gasteiger partial charge in [0.2, 0.25) is 5.91 Å². The highest BCUT2D eigenvalue weighted by Gasteiger charge is 2.74. The van der Waals surface area contributed by atoms with Crippen LogP contribution in [-0.4, -0.2) is 76.7 Å². The Bertz CT molecular complexity index is 1300. The zero-order valence-corrected chi connectivity index (χ0v) is 24.0. The Morgan fingerprint density at radius 1 is 1.17 bits per heavy atom. The molecule has 1 spiro atoms. The van der Waals surface area contributed by atoms with E-state index >= 15 is 0 Å². The molecule has 2 aromatic carbocycles. The molecule has 6 atom stereocenters. The normalized spacial score (nSPS) is 26.8. The summed E-state index contributed by atoms with van der Waals surface area (Å²) in [6, 6.07) is 15.2. The molecule has 3 fully saturated rings. The van der Waals surface area contributed by atoms with Gasteiger partial charge in [0.15, 0.2) is 0 Å². The van der Waals surface area contributed by atoms with Crippen molar-refractivity contribution in [2.24, 2.45) is 11.8 Å². The minimum Gasteiger partial charge on any atom is -0.497 e. The number of anilines is 1. The van der Waals surface area contributed by atoms with E-state index in [1.165, 1.54) is 6.08 Å². The highest BCUT2D eigenvalue weighted by atomic mass is 32.2. The summed E-state index contributed by atoms with van der Waals surface area (Å²) in [5.74, 6) is -1.69. The summed E-state index contributed by atoms with van der Waals surface area (Å²) < 4.78 is 9.95. The molecule has 0 radical (unpaired) electrons. The number of hydrogen-bond acceptors (Lipinski definition) is 7. The molecule has 0 aliphatic carbocycles. The first-order chi connectivity index (χ1) is 19.9. The number of aliphatic hydroxyl groups is 1. The van der Waals surface area contributed by atoms with Crippen LogP contribution in [0.2, 0.25) is 0 Å². The van der Waals surface area contributed by atoms with E-state index in [0.29, 0.717) is 30.7 Å². The first-order valence-corrected chi connectivity index (χ1v) is 14.8. The van der Waals surface area contributed by atoms with Crippen molar-refractivity contribution in [1.82, 2.24) is 4.90 Å². The number of benzene rings is 2. The number of fused-ring (bicyclic) bond motifs is 1. The van der Waals surface area contributed by atoms with Gasteiger partial charge in [0.25, 0.3) is 5.91 Å². The molecule has 3 aliphatic rings. The number of carbonyl (C=O) groups is 3. The molecular weight excluding hydrogens is 540 g/mol. The largest absolute Gasteiger partial charge is 0.497 e. The molecule has 2 bridgehead atoms. The van der Waals surface area contributed by atoms with Crippen LogP contribution in [0.4, 0.5) is 5.69 Å². The second kappa shape index (κ2) is 12.1. The average Bonchev–Trinajstić information content (AvgIpc) is 3.65. The molecule has 3 aliphatic heterocycles. The lowest BCUT2D eigenvalue weighted by Gasteiger charge is -2.39.